The highest BCUT2D eigenvalue weighted by molar-refractivity contribution is 5.51. The standard InChI is InChI=1S/C19H23F3N4O/c1-10(14-5-4-6-15(17(14)20)18(21)22)25-19-16(9-24-12(3)26-19)27-11(2)13-7-23-8-13/h4-6,9-11,13,18,23H,7-8H2,1-3H3,(H,24,25,26)/t10-,11?/m1/s1. The monoisotopic (exact) mass is 380 g/mol. The molecule has 8 heteroatoms. The smallest absolute Gasteiger partial charge is 0.266 e. The van der Waals surface area contributed by atoms with Crippen molar-refractivity contribution in [2.45, 2.75) is 39.3 Å². The van der Waals surface area contributed by atoms with E-state index >= 15 is 0 Å². The van der Waals surface area contributed by atoms with Crippen molar-refractivity contribution in [2.75, 3.05) is 18.4 Å². The number of nitrogens with one attached hydrogen (secondary N) is 2. The van der Waals surface area contributed by atoms with E-state index in [1.807, 2.05) is 6.92 Å². The van der Waals surface area contributed by atoms with Gasteiger partial charge in [-0.05, 0) is 20.8 Å². The molecule has 1 saturated heterocycles. The lowest BCUT2D eigenvalue weighted by molar-refractivity contribution is 0.114. The van der Waals surface area contributed by atoms with Crippen molar-refractivity contribution in [3.05, 3.63) is 47.2 Å². The average molecular weight is 380 g/mol. The molecule has 0 saturated carbocycles. The predicted molar refractivity (Wildman–Crippen MR) is 96.6 cm³/mol. The molecule has 2 atom stereocenters. The molecule has 0 amide bonds. The first-order chi connectivity index (χ1) is 12.9. The van der Waals surface area contributed by atoms with Gasteiger partial charge in [0, 0.05) is 24.6 Å². The van der Waals surface area contributed by atoms with Crippen molar-refractivity contribution in [3.8, 4) is 5.75 Å². The number of nitrogens with zero attached hydrogens (tertiary/aromatic N) is 2. The van der Waals surface area contributed by atoms with E-state index < -0.39 is 23.8 Å². The Labute approximate surface area is 156 Å². The fourth-order valence-electron chi connectivity index (χ4n) is 2.94. The molecular formula is C19H23F3N4O. The normalized spacial score (nSPS) is 16.7. The summed E-state index contributed by atoms with van der Waals surface area (Å²) in [4.78, 5) is 8.51. The highest BCUT2D eigenvalue weighted by Gasteiger charge is 2.26. The van der Waals surface area contributed by atoms with Crippen LogP contribution in [-0.4, -0.2) is 29.2 Å². The number of aryl methyl sites for hydroxylation is 1. The number of hydrogen-bond donors (Lipinski definition) is 2. The van der Waals surface area contributed by atoms with Crippen LogP contribution < -0.4 is 15.4 Å². The summed E-state index contributed by atoms with van der Waals surface area (Å²) in [5.74, 6) is 0.886. The average Bonchev–Trinajstić information content (AvgIpc) is 2.55. The number of ether oxygens (including phenoxy) is 1. The Kier molecular flexibility index (Phi) is 5.84. The summed E-state index contributed by atoms with van der Waals surface area (Å²) in [5, 5.41) is 6.27. The third kappa shape index (κ3) is 4.32. The Hall–Kier alpha value is -2.35. The highest BCUT2D eigenvalue weighted by Crippen LogP contribution is 2.31. The summed E-state index contributed by atoms with van der Waals surface area (Å²) >= 11 is 0. The molecule has 1 aliphatic heterocycles. The van der Waals surface area contributed by atoms with Gasteiger partial charge in [0.15, 0.2) is 11.6 Å². The second-order valence-corrected chi connectivity index (χ2v) is 6.79. The molecule has 146 valence electrons. The number of alkyl halides is 2. The van der Waals surface area contributed by atoms with Gasteiger partial charge in [0.25, 0.3) is 6.43 Å². The van der Waals surface area contributed by atoms with Gasteiger partial charge in [-0.3, -0.25) is 0 Å². The van der Waals surface area contributed by atoms with E-state index in [4.69, 9.17) is 4.74 Å². The summed E-state index contributed by atoms with van der Waals surface area (Å²) in [6, 6.07) is 3.41. The largest absolute Gasteiger partial charge is 0.485 e. The van der Waals surface area contributed by atoms with Crippen LogP contribution in [0, 0.1) is 18.7 Å². The van der Waals surface area contributed by atoms with Crippen molar-refractivity contribution < 1.29 is 17.9 Å². The second-order valence-electron chi connectivity index (χ2n) is 6.79. The first-order valence-electron chi connectivity index (χ1n) is 8.90. The van der Waals surface area contributed by atoms with Gasteiger partial charge >= 0.3 is 0 Å². The van der Waals surface area contributed by atoms with Crippen LogP contribution in [0.1, 0.15) is 43.3 Å². The SMILES string of the molecule is Cc1ncc(OC(C)C2CNC2)c(N[C@H](C)c2cccc(C(F)F)c2F)n1. The molecule has 1 fully saturated rings. The van der Waals surface area contributed by atoms with Crippen LogP contribution in [0.5, 0.6) is 5.75 Å². The third-order valence-electron chi connectivity index (χ3n) is 4.78. The zero-order chi connectivity index (χ0) is 19.6. The minimum Gasteiger partial charge on any atom is -0.485 e. The molecule has 0 aliphatic carbocycles. The fraction of sp³-hybridized carbons (Fsp3) is 0.474. The van der Waals surface area contributed by atoms with E-state index in [2.05, 4.69) is 20.6 Å². The number of anilines is 1. The summed E-state index contributed by atoms with van der Waals surface area (Å²) in [5.41, 5.74) is -0.464. The maximum atomic E-state index is 14.4. The maximum absolute atomic E-state index is 14.4. The molecule has 2 aromatic rings. The van der Waals surface area contributed by atoms with Crippen LogP contribution in [0.2, 0.25) is 0 Å². The van der Waals surface area contributed by atoms with Crippen LogP contribution in [0.3, 0.4) is 0 Å². The van der Waals surface area contributed by atoms with Crippen molar-refractivity contribution in [1.29, 1.82) is 0 Å². The van der Waals surface area contributed by atoms with Gasteiger partial charge in [-0.15, -0.1) is 0 Å². The molecule has 2 heterocycles. The van der Waals surface area contributed by atoms with E-state index in [1.54, 1.807) is 20.0 Å². The lowest BCUT2D eigenvalue weighted by Crippen LogP contribution is -2.49. The maximum Gasteiger partial charge on any atom is 0.266 e. The molecular weight excluding hydrogens is 357 g/mol. The predicted octanol–water partition coefficient (Wildman–Crippen LogP) is 4.02. The van der Waals surface area contributed by atoms with E-state index in [1.165, 1.54) is 12.1 Å². The zero-order valence-corrected chi connectivity index (χ0v) is 15.5. The Morgan fingerprint density at radius 3 is 2.56 bits per heavy atom. The van der Waals surface area contributed by atoms with Crippen LogP contribution in [-0.2, 0) is 0 Å². The molecule has 1 unspecified atom stereocenters. The van der Waals surface area contributed by atoms with Crippen molar-refractivity contribution in [3.63, 3.8) is 0 Å². The molecule has 27 heavy (non-hydrogen) atoms. The van der Waals surface area contributed by atoms with E-state index in [0.717, 1.165) is 19.2 Å². The number of halogens is 3. The van der Waals surface area contributed by atoms with Crippen LogP contribution in [0.25, 0.3) is 0 Å². The van der Waals surface area contributed by atoms with Crippen molar-refractivity contribution >= 4 is 5.82 Å². The second kappa shape index (κ2) is 8.12. The molecule has 1 aromatic carbocycles. The van der Waals surface area contributed by atoms with Crippen LogP contribution in [0.15, 0.2) is 24.4 Å². The first-order valence-corrected chi connectivity index (χ1v) is 8.90. The quantitative estimate of drug-likeness (QED) is 0.760. The summed E-state index contributed by atoms with van der Waals surface area (Å²) in [6.45, 7) is 7.17. The van der Waals surface area contributed by atoms with Gasteiger partial charge in [-0.1, -0.05) is 18.2 Å². The minimum absolute atomic E-state index is 0.0349. The van der Waals surface area contributed by atoms with Crippen molar-refractivity contribution in [1.82, 2.24) is 15.3 Å². The number of hydrogen-bond acceptors (Lipinski definition) is 5. The lowest BCUT2D eigenvalue weighted by Gasteiger charge is -2.33. The molecule has 5 nitrogen and oxygen atoms in total. The molecule has 1 aromatic heterocycles. The number of benzene rings is 1. The summed E-state index contributed by atoms with van der Waals surface area (Å²) < 4.78 is 46.4. The fourth-order valence-corrected chi connectivity index (χ4v) is 2.94. The van der Waals surface area contributed by atoms with Gasteiger partial charge in [-0.2, -0.15) is 0 Å². The van der Waals surface area contributed by atoms with Gasteiger partial charge in [0.2, 0.25) is 0 Å². The minimum atomic E-state index is -2.87. The summed E-state index contributed by atoms with van der Waals surface area (Å²) in [7, 11) is 0. The molecule has 3 rings (SSSR count). The highest BCUT2D eigenvalue weighted by atomic mass is 19.3. The Morgan fingerprint density at radius 1 is 1.22 bits per heavy atom. The molecule has 0 bridgehead atoms. The Bertz CT molecular complexity index is 799. The van der Waals surface area contributed by atoms with E-state index in [9.17, 15) is 13.2 Å². The van der Waals surface area contributed by atoms with Gasteiger partial charge < -0.3 is 15.4 Å². The Morgan fingerprint density at radius 2 is 1.93 bits per heavy atom. The van der Waals surface area contributed by atoms with Crippen molar-refractivity contribution in [2.24, 2.45) is 5.92 Å². The third-order valence-corrected chi connectivity index (χ3v) is 4.78. The van der Waals surface area contributed by atoms with Gasteiger partial charge in [0.1, 0.15) is 17.7 Å². The number of rotatable bonds is 7. The molecule has 0 radical (unpaired) electrons. The lowest BCUT2D eigenvalue weighted by atomic mass is 9.98. The Balaban J connectivity index is 1.82. The van der Waals surface area contributed by atoms with Gasteiger partial charge in [-0.25, -0.2) is 23.1 Å². The number of aromatic nitrogens is 2. The van der Waals surface area contributed by atoms with Crippen LogP contribution >= 0.6 is 0 Å². The first kappa shape index (κ1) is 19.4. The zero-order valence-electron chi connectivity index (χ0n) is 15.5. The topological polar surface area (TPSA) is 59.1 Å². The molecule has 2 N–H and O–H groups in total. The van der Waals surface area contributed by atoms with Gasteiger partial charge in [0.05, 0.1) is 17.8 Å². The van der Waals surface area contributed by atoms with Crippen LogP contribution in [0.4, 0.5) is 19.0 Å². The molecule has 0 spiro atoms. The molecule has 1 aliphatic rings. The van der Waals surface area contributed by atoms with E-state index in [0.29, 0.717) is 23.3 Å². The summed E-state index contributed by atoms with van der Waals surface area (Å²) in [6.07, 6.45) is -1.33. The van der Waals surface area contributed by atoms with E-state index in [-0.39, 0.29) is 11.7 Å².